The summed E-state index contributed by atoms with van der Waals surface area (Å²) in [6.07, 6.45) is 3.35. The second-order valence-corrected chi connectivity index (χ2v) is 31.2. The van der Waals surface area contributed by atoms with Gasteiger partial charge in [-0.25, -0.2) is 19.9 Å². The maximum Gasteiger partial charge on any atom is 0.320 e. The third-order valence-electron chi connectivity index (χ3n) is 22.6. The Morgan fingerprint density at radius 2 is 0.462 bits per heavy atom. The minimum Gasteiger partial charge on any atom is -0.507 e. The van der Waals surface area contributed by atoms with Crippen LogP contribution in [0, 0.1) is 0 Å². The van der Waals surface area contributed by atoms with Crippen LogP contribution in [0.15, 0.2) is 328 Å². The molecular weight excluding hydrogens is 1620 g/mol. The molecule has 0 bridgehead atoms. The highest BCUT2D eigenvalue weighted by Gasteiger charge is 2.25. The largest absolute Gasteiger partial charge is 0.507 e. The van der Waals surface area contributed by atoms with Gasteiger partial charge in [0.25, 0.3) is 0 Å². The minimum atomic E-state index is 0.112. The summed E-state index contributed by atoms with van der Waals surface area (Å²) >= 11 is 0. The zero-order valence-corrected chi connectivity index (χ0v) is 71.6. The third-order valence-corrected chi connectivity index (χ3v) is 22.6. The molecule has 4 heterocycles. The van der Waals surface area contributed by atoms with Gasteiger partial charge in [0.1, 0.15) is 23.0 Å². The summed E-state index contributed by atoms with van der Waals surface area (Å²) in [6, 6.07) is 109. The van der Waals surface area contributed by atoms with Crippen LogP contribution in [-0.2, 0) is 0 Å². The molecule has 0 spiro atoms. The lowest BCUT2D eigenvalue weighted by Crippen LogP contribution is -2.05. The number of phenols is 4. The van der Waals surface area contributed by atoms with Crippen LogP contribution < -0.4 is 18.9 Å². The first kappa shape index (κ1) is 82.8. The predicted molar refractivity (Wildman–Crippen MR) is 519 cm³/mol. The Hall–Kier alpha value is -16.7. The van der Waals surface area contributed by atoms with Crippen molar-refractivity contribution in [1.29, 1.82) is 0 Å². The fourth-order valence-corrected chi connectivity index (χ4v) is 16.5. The topological polar surface area (TPSA) is 273 Å². The second-order valence-electron chi connectivity index (χ2n) is 31.2. The molecule has 4 aromatic heterocycles. The average Bonchev–Trinajstić information content (AvgIpc) is 0.734. The standard InChI is InChI=1S/C30H23N3O2.C28H21N3O2.2C26H21N3O2/c1-2-17-35-30-32-28(24-13-7-8-14-27(24)34)31-29(33-30)26-18-25-20-10-4-3-9-19(20)15-16-23(25)21-11-5-6-12-22(21)26;1-2-16-33-28-30-26(29-27(31-28)22-8-3-4-9-23(22)32)21-15-13-19-11-10-17-6-5-7-18-12-14-20(21)25(19)24(17)18;1-2-15-31-26-28-24(21-13-7-8-14-22(21)30)27-25(29-26)23-19-11-5-3-9-17(19)16-18-10-4-6-12-20(18)23;1-2-15-31-26-28-24(21-13-7-8-14-23(21)30)27-25(29-26)22-16-17-9-3-4-10-18(17)19-11-5-6-12-20(19)22/h3-16,18,34H,2,17H2,1H3;3-15,32H,2,16H2,1H3;2*3-14,16,30H,2,15H2,1H3. The van der Waals surface area contributed by atoms with Crippen molar-refractivity contribution in [3.63, 3.8) is 0 Å². The summed E-state index contributed by atoms with van der Waals surface area (Å²) in [6.45, 7) is 10.1. The van der Waals surface area contributed by atoms with Gasteiger partial charge in [0.15, 0.2) is 46.6 Å². The fourth-order valence-electron chi connectivity index (χ4n) is 16.5. The van der Waals surface area contributed by atoms with E-state index >= 15 is 0 Å². The van der Waals surface area contributed by atoms with Crippen LogP contribution in [0.25, 0.3) is 199 Å². The lowest BCUT2D eigenvalue weighted by Gasteiger charge is -2.14. The van der Waals surface area contributed by atoms with Gasteiger partial charge in [-0.3, -0.25) is 0 Å². The molecule has 22 rings (SSSR count). The van der Waals surface area contributed by atoms with Crippen molar-refractivity contribution in [2.45, 2.75) is 53.4 Å². The first-order valence-electron chi connectivity index (χ1n) is 43.5. The number of phenolic OH excluding ortho intramolecular Hbond substituents is 4. The van der Waals surface area contributed by atoms with Crippen LogP contribution in [-0.4, -0.2) is 107 Å². The lowest BCUT2D eigenvalue weighted by molar-refractivity contribution is 0.292. The Morgan fingerprint density at radius 3 is 0.892 bits per heavy atom. The van der Waals surface area contributed by atoms with Gasteiger partial charge in [-0.2, -0.15) is 39.9 Å². The van der Waals surface area contributed by atoms with Gasteiger partial charge >= 0.3 is 24.0 Å². The number of aromatic hydroxyl groups is 4. The van der Waals surface area contributed by atoms with Crippen LogP contribution in [0.2, 0.25) is 0 Å². The summed E-state index contributed by atoms with van der Waals surface area (Å²) in [5.41, 5.74) is 5.78. The first-order valence-corrected chi connectivity index (χ1v) is 43.5. The number of para-hydroxylation sites is 4. The molecule has 0 radical (unpaired) electrons. The van der Waals surface area contributed by atoms with Crippen molar-refractivity contribution in [2.24, 2.45) is 0 Å². The smallest absolute Gasteiger partial charge is 0.320 e. The highest BCUT2D eigenvalue weighted by Crippen LogP contribution is 2.44. The monoisotopic (exact) mass is 1700 g/mol. The Balaban J connectivity index is 0.000000112. The SMILES string of the molecule is CCCOc1nc(-c2ccccc2O)nc(-c2c3ccccc3cc3ccccc23)n1.CCCOc1nc(-c2ccccc2O)nc(-c2cc3c4ccccc4ccc3c3ccccc23)n1.CCCOc1nc(-c2ccccc2O)nc(-c2cc3ccccc3c3ccccc23)n1.CCCOc1nc(-c2ccccc2O)nc(-c2ccc3ccc4cccc5ccc2c3c45)n1. The molecule has 0 saturated heterocycles. The van der Waals surface area contributed by atoms with E-state index in [0.29, 0.717) is 95.3 Å². The highest BCUT2D eigenvalue weighted by atomic mass is 16.5. The number of aromatic nitrogens is 12. The van der Waals surface area contributed by atoms with Crippen molar-refractivity contribution < 1.29 is 39.4 Å². The number of rotatable bonds is 20. The first-order chi connectivity index (χ1) is 63.9. The molecule has 0 aliphatic rings. The molecule has 18 aromatic carbocycles. The van der Waals surface area contributed by atoms with Crippen molar-refractivity contribution in [2.75, 3.05) is 26.4 Å². The Bertz CT molecular complexity index is 7910. The van der Waals surface area contributed by atoms with E-state index < -0.39 is 0 Å². The Morgan fingerprint density at radius 1 is 0.185 bits per heavy atom. The normalized spacial score (nSPS) is 11.3. The van der Waals surface area contributed by atoms with E-state index in [2.05, 4.69) is 211 Å². The summed E-state index contributed by atoms with van der Waals surface area (Å²) in [7, 11) is 0. The van der Waals surface area contributed by atoms with E-state index in [1.807, 2.05) is 107 Å². The molecule has 0 aliphatic carbocycles. The quantitative estimate of drug-likeness (QED) is 0.0408. The number of benzene rings is 18. The molecule has 0 saturated carbocycles. The third kappa shape index (κ3) is 16.9. The number of nitrogens with zero attached hydrogens (tertiary/aromatic N) is 12. The Kier molecular flexibility index (Phi) is 23.7. The van der Waals surface area contributed by atoms with Crippen LogP contribution in [0.4, 0.5) is 0 Å². The second kappa shape index (κ2) is 37.2. The number of fused-ring (bicyclic) bond motifs is 10. The lowest BCUT2D eigenvalue weighted by atomic mass is 9.92. The highest BCUT2D eigenvalue weighted by molar-refractivity contribution is 6.26. The van der Waals surface area contributed by atoms with Gasteiger partial charge in [0.2, 0.25) is 0 Å². The Labute approximate surface area is 748 Å². The molecule has 0 atom stereocenters. The van der Waals surface area contributed by atoms with Gasteiger partial charge in [-0.1, -0.05) is 282 Å². The van der Waals surface area contributed by atoms with Crippen molar-refractivity contribution in [1.82, 2.24) is 59.8 Å². The summed E-state index contributed by atoms with van der Waals surface area (Å²) in [5.74, 6) is 4.05. The molecular formula is C110H86N12O8. The van der Waals surface area contributed by atoms with Gasteiger partial charge in [0, 0.05) is 22.3 Å². The molecule has 0 aliphatic heterocycles. The van der Waals surface area contributed by atoms with E-state index in [1.54, 1.807) is 72.8 Å². The molecule has 634 valence electrons. The van der Waals surface area contributed by atoms with Crippen LogP contribution in [0.5, 0.6) is 47.0 Å². The number of ether oxygens (including phenoxy) is 4. The van der Waals surface area contributed by atoms with E-state index in [-0.39, 0.29) is 47.0 Å². The van der Waals surface area contributed by atoms with Gasteiger partial charge in [-0.15, -0.1) is 0 Å². The van der Waals surface area contributed by atoms with Crippen LogP contribution >= 0.6 is 0 Å². The average molecular weight is 1700 g/mol. The van der Waals surface area contributed by atoms with Gasteiger partial charge < -0.3 is 39.4 Å². The molecule has 4 N–H and O–H groups in total. The van der Waals surface area contributed by atoms with Gasteiger partial charge in [-0.05, 0) is 206 Å². The van der Waals surface area contributed by atoms with Gasteiger partial charge in [0.05, 0.1) is 48.7 Å². The maximum absolute atomic E-state index is 10.5. The van der Waals surface area contributed by atoms with E-state index in [4.69, 9.17) is 43.9 Å². The van der Waals surface area contributed by atoms with Crippen molar-refractivity contribution in [3.05, 3.63) is 328 Å². The molecule has 0 unspecified atom stereocenters. The summed E-state index contributed by atoms with van der Waals surface area (Å²) in [4.78, 5) is 55.7. The van der Waals surface area contributed by atoms with E-state index in [9.17, 15) is 20.4 Å². The molecule has 0 fully saturated rings. The van der Waals surface area contributed by atoms with Crippen molar-refractivity contribution in [3.8, 4) is 138 Å². The summed E-state index contributed by atoms with van der Waals surface area (Å²) in [5, 5.41) is 64.4. The number of hydrogen-bond acceptors (Lipinski definition) is 20. The number of hydrogen-bond donors (Lipinski definition) is 4. The minimum absolute atomic E-state index is 0.112. The molecule has 0 amide bonds. The zero-order valence-electron chi connectivity index (χ0n) is 71.6. The van der Waals surface area contributed by atoms with Crippen molar-refractivity contribution >= 4 is 108 Å². The summed E-state index contributed by atoms with van der Waals surface area (Å²) < 4.78 is 23.2. The van der Waals surface area contributed by atoms with Crippen LogP contribution in [0.1, 0.15) is 53.4 Å². The molecule has 130 heavy (non-hydrogen) atoms. The van der Waals surface area contributed by atoms with E-state index in [0.717, 1.165) is 107 Å². The van der Waals surface area contributed by atoms with Crippen LogP contribution in [0.3, 0.4) is 0 Å². The molecule has 20 nitrogen and oxygen atoms in total. The maximum atomic E-state index is 10.5. The zero-order chi connectivity index (χ0) is 88.6. The molecule has 22 aromatic rings. The van der Waals surface area contributed by atoms with E-state index in [1.165, 1.54) is 48.5 Å². The fraction of sp³-hybridized carbons (Fsp3) is 0.109. The molecule has 20 heteroatoms. The predicted octanol–water partition coefficient (Wildman–Crippen LogP) is 25.8.